The molecule has 11 heteroatoms. The number of hydrogen-bond donors (Lipinski definition) is 11. The molecule has 4 heterocycles. The van der Waals surface area contributed by atoms with E-state index in [4.69, 9.17) is 0 Å². The van der Waals surface area contributed by atoms with Gasteiger partial charge in [-0.1, -0.05) is 12.2 Å². The first-order valence-corrected chi connectivity index (χ1v) is 19.6. The minimum atomic E-state index is -1.09. The zero-order valence-corrected chi connectivity index (χ0v) is 33.3. The Morgan fingerprint density at radius 2 is 0.517 bits per heavy atom. The van der Waals surface area contributed by atoms with Crippen molar-refractivity contribution in [1.82, 2.24) is 15.0 Å². The van der Waals surface area contributed by atoms with E-state index in [9.17, 15) is 40.9 Å². The summed E-state index contributed by atoms with van der Waals surface area (Å²) in [4.78, 5) is 11.1. The number of aromatic hydroxyl groups is 8. The van der Waals surface area contributed by atoms with Gasteiger partial charge in [0.05, 0.1) is 21.7 Å². The molecule has 0 saturated heterocycles. The topological polar surface area (TPSA) is 209 Å². The van der Waals surface area contributed by atoms with E-state index in [0.717, 1.165) is 22.5 Å². The summed E-state index contributed by atoms with van der Waals surface area (Å²) in [5.41, 5.74) is 4.15. The largest absolute Gasteiger partial charge is 0.508 e. The highest BCUT2D eigenvalue weighted by Gasteiger charge is 2.46. The molecular weight excluding hydrogens is 759 g/mol. The fraction of sp³-hybridized carbons (Fsp3) is 0.184. The van der Waals surface area contributed by atoms with Crippen molar-refractivity contribution in [2.24, 2.45) is 0 Å². The molecule has 0 spiro atoms. The first kappa shape index (κ1) is 38.1. The second-order valence-electron chi connectivity index (χ2n) is 16.9. The van der Waals surface area contributed by atoms with Crippen molar-refractivity contribution in [1.29, 1.82) is 0 Å². The van der Waals surface area contributed by atoms with Crippen molar-refractivity contribution in [2.45, 2.75) is 55.8 Å². The maximum atomic E-state index is 10.9. The minimum absolute atomic E-state index is 0.113. The molecule has 11 nitrogen and oxygen atoms in total. The lowest BCUT2D eigenvalue weighted by molar-refractivity contribution is 0.445. The predicted octanol–water partition coefficient (Wildman–Crippen LogP) is 8.91. The lowest BCUT2D eigenvalue weighted by atomic mass is 9.68. The lowest BCUT2D eigenvalue weighted by Crippen LogP contribution is -2.32. The smallest absolute Gasteiger partial charge is 0.119 e. The van der Waals surface area contributed by atoms with Gasteiger partial charge in [-0.05, 0) is 152 Å². The molecule has 4 atom stereocenters. The Kier molecular flexibility index (Phi) is 8.30. The van der Waals surface area contributed by atoms with Crippen LogP contribution in [0.3, 0.4) is 0 Å². The van der Waals surface area contributed by atoms with E-state index in [1.165, 1.54) is 24.3 Å². The number of phenols is 8. The second-order valence-corrected chi connectivity index (χ2v) is 16.9. The Bertz CT molecular complexity index is 2660. The fourth-order valence-corrected chi connectivity index (χ4v) is 9.62. The molecular formula is C49H45N3O8. The summed E-state index contributed by atoms with van der Waals surface area (Å²) in [6, 6.07) is 29.7. The van der Waals surface area contributed by atoms with E-state index in [-0.39, 0.29) is 46.0 Å². The molecule has 9 rings (SSSR count). The lowest BCUT2D eigenvalue weighted by Gasteiger charge is -2.37. The summed E-state index contributed by atoms with van der Waals surface area (Å²) in [5, 5.41) is 86.9. The van der Waals surface area contributed by atoms with Crippen LogP contribution in [0.5, 0.6) is 46.0 Å². The van der Waals surface area contributed by atoms with Gasteiger partial charge in [0.1, 0.15) is 46.0 Å². The molecule has 8 bridgehead atoms. The Balaban J connectivity index is 1.38. The van der Waals surface area contributed by atoms with E-state index in [1.54, 1.807) is 48.5 Å². The predicted molar refractivity (Wildman–Crippen MR) is 226 cm³/mol. The third-order valence-corrected chi connectivity index (χ3v) is 13.4. The molecule has 0 saturated carbocycles. The van der Waals surface area contributed by atoms with Gasteiger partial charge in [0.15, 0.2) is 0 Å². The molecule has 0 radical (unpaired) electrons. The zero-order valence-electron chi connectivity index (χ0n) is 33.3. The van der Waals surface area contributed by atoms with Crippen LogP contribution in [-0.2, 0) is 21.7 Å². The quantitative estimate of drug-likeness (QED) is 0.0826. The van der Waals surface area contributed by atoms with Crippen molar-refractivity contribution in [3.05, 3.63) is 189 Å². The number of benzene rings is 4. The normalized spacial score (nSPS) is 23.6. The van der Waals surface area contributed by atoms with Crippen LogP contribution >= 0.6 is 0 Å². The van der Waals surface area contributed by atoms with Gasteiger partial charge in [-0.15, -0.1) is 0 Å². The van der Waals surface area contributed by atoms with Crippen molar-refractivity contribution >= 4 is 0 Å². The van der Waals surface area contributed by atoms with E-state index < -0.39 is 21.7 Å². The van der Waals surface area contributed by atoms with Crippen LogP contribution in [0.15, 0.2) is 132 Å². The fourth-order valence-electron chi connectivity index (χ4n) is 9.62. The molecule has 60 heavy (non-hydrogen) atoms. The van der Waals surface area contributed by atoms with Crippen LogP contribution in [0.1, 0.15) is 90.5 Å². The van der Waals surface area contributed by atoms with Crippen LogP contribution in [0, 0.1) is 0 Å². The van der Waals surface area contributed by atoms with Gasteiger partial charge in [-0.2, -0.15) is 0 Å². The van der Waals surface area contributed by atoms with Crippen LogP contribution in [0.4, 0.5) is 0 Å². The molecule has 3 aromatic heterocycles. The van der Waals surface area contributed by atoms with Crippen molar-refractivity contribution in [3.63, 3.8) is 0 Å². The highest BCUT2D eigenvalue weighted by molar-refractivity contribution is 5.62. The number of phenolic OH excluding ortho intramolecular Hbond substituents is 8. The SMILES string of the molecule is C[C@@]1(c2cc(O)cc(O)c2)C2=CC=C(C2)[C@](C)(c2cc(O)cc(O)c2)c2ccc([nH]2)[C@](C)(c2cc(O)cc(O)c2)c2ccc([nH]2)[C@](C)(c2cc(O)cc(O)c2)c2ccc1[nH]2. The first-order chi connectivity index (χ1) is 28.4. The molecule has 0 amide bonds. The Labute approximate surface area is 345 Å². The van der Waals surface area contributed by atoms with Gasteiger partial charge in [0, 0.05) is 58.4 Å². The van der Waals surface area contributed by atoms with Crippen LogP contribution in [0.2, 0.25) is 0 Å². The minimum Gasteiger partial charge on any atom is -0.508 e. The molecule has 1 aliphatic heterocycles. The second kappa shape index (κ2) is 13.1. The molecule has 11 N–H and O–H groups in total. The Morgan fingerprint density at radius 1 is 0.317 bits per heavy atom. The summed E-state index contributed by atoms with van der Waals surface area (Å²) < 4.78 is 0. The molecule has 1 aliphatic carbocycles. The van der Waals surface area contributed by atoms with Gasteiger partial charge >= 0.3 is 0 Å². The van der Waals surface area contributed by atoms with Crippen molar-refractivity contribution in [3.8, 4) is 46.0 Å². The van der Waals surface area contributed by atoms with E-state index in [1.807, 2.05) is 76.2 Å². The maximum Gasteiger partial charge on any atom is 0.119 e. The molecule has 304 valence electrons. The molecule has 7 aromatic rings. The number of fused-ring (bicyclic) bond motifs is 8. The Morgan fingerprint density at radius 3 is 0.750 bits per heavy atom. The number of H-pyrrole nitrogens is 3. The third kappa shape index (κ3) is 5.64. The average molecular weight is 804 g/mol. The van der Waals surface area contributed by atoms with E-state index >= 15 is 0 Å². The van der Waals surface area contributed by atoms with Crippen LogP contribution in [-0.4, -0.2) is 55.8 Å². The average Bonchev–Trinajstić information content (AvgIpc) is 4.02. The van der Waals surface area contributed by atoms with E-state index in [2.05, 4.69) is 15.0 Å². The summed E-state index contributed by atoms with van der Waals surface area (Å²) in [5.74, 6) is -0.975. The molecule has 2 aliphatic rings. The van der Waals surface area contributed by atoms with Gasteiger partial charge in [-0.3, -0.25) is 0 Å². The zero-order chi connectivity index (χ0) is 42.5. The number of allylic oxidation sites excluding steroid dienone is 4. The Hall–Kier alpha value is -7.40. The first-order valence-electron chi connectivity index (χ1n) is 19.6. The van der Waals surface area contributed by atoms with Crippen molar-refractivity contribution < 1.29 is 40.9 Å². The molecule has 0 fully saturated rings. The van der Waals surface area contributed by atoms with Crippen LogP contribution in [0.25, 0.3) is 0 Å². The standard InChI is InChI=1S/C49H45N3O8/c1-46(28-14-32(53)22-33(54)15-28)26-5-6-27(13-26)47(2,29-16-34(55)23-35(56)17-29)41-8-10-43(51-41)49(4,31-20-38(59)25-39(60)21-31)45-12-11-44(52-45)48(3,42-9-7-40(46)50-42)30-18-36(57)24-37(58)19-30/h5-12,14-25,50-60H,13H2,1-4H3/t46-,47+,48+,49-. The van der Waals surface area contributed by atoms with Gasteiger partial charge in [0.2, 0.25) is 0 Å². The number of rotatable bonds is 4. The van der Waals surface area contributed by atoms with Gasteiger partial charge in [0.25, 0.3) is 0 Å². The van der Waals surface area contributed by atoms with Crippen LogP contribution < -0.4 is 0 Å². The summed E-state index contributed by atoms with van der Waals surface area (Å²) in [6.45, 7) is 7.99. The molecule has 0 unspecified atom stereocenters. The number of aromatic amines is 3. The summed E-state index contributed by atoms with van der Waals surface area (Å²) in [6.07, 6.45) is 4.45. The number of aromatic nitrogens is 3. The number of hydrogen-bond acceptors (Lipinski definition) is 8. The highest BCUT2D eigenvalue weighted by Crippen LogP contribution is 2.53. The third-order valence-electron chi connectivity index (χ3n) is 13.4. The monoisotopic (exact) mass is 803 g/mol. The summed E-state index contributed by atoms with van der Waals surface area (Å²) in [7, 11) is 0. The summed E-state index contributed by atoms with van der Waals surface area (Å²) >= 11 is 0. The van der Waals surface area contributed by atoms with E-state index in [0.29, 0.717) is 51.5 Å². The number of nitrogens with one attached hydrogen (secondary N) is 3. The van der Waals surface area contributed by atoms with Crippen molar-refractivity contribution in [2.75, 3.05) is 0 Å². The van der Waals surface area contributed by atoms with Gasteiger partial charge in [-0.25, -0.2) is 0 Å². The highest BCUT2D eigenvalue weighted by atomic mass is 16.3. The van der Waals surface area contributed by atoms with Gasteiger partial charge < -0.3 is 55.8 Å². The maximum absolute atomic E-state index is 10.9. The molecule has 4 aromatic carbocycles.